The summed E-state index contributed by atoms with van der Waals surface area (Å²) in [6.45, 7) is 3.67. The molecule has 1 aromatic carbocycles. The van der Waals surface area contributed by atoms with Crippen molar-refractivity contribution in [2.45, 2.75) is 25.9 Å². The molecule has 2 aromatic rings. The van der Waals surface area contributed by atoms with Crippen molar-refractivity contribution in [2.75, 3.05) is 13.1 Å². The van der Waals surface area contributed by atoms with E-state index in [9.17, 15) is 14.0 Å². The second-order valence-corrected chi connectivity index (χ2v) is 5.51. The average molecular weight is 303 g/mol. The van der Waals surface area contributed by atoms with Gasteiger partial charge in [-0.1, -0.05) is 13.0 Å². The summed E-state index contributed by atoms with van der Waals surface area (Å²) in [5.74, 6) is -0.442. The molecule has 1 atom stereocenters. The van der Waals surface area contributed by atoms with Gasteiger partial charge in [-0.05, 0) is 18.6 Å². The highest BCUT2D eigenvalue weighted by Gasteiger charge is 2.28. The smallest absolute Gasteiger partial charge is 0.237 e. The van der Waals surface area contributed by atoms with E-state index >= 15 is 0 Å². The van der Waals surface area contributed by atoms with Crippen LogP contribution in [0.2, 0.25) is 0 Å². The van der Waals surface area contributed by atoms with Gasteiger partial charge in [0, 0.05) is 36.8 Å². The molecule has 1 fully saturated rings. The molecule has 1 aliphatic rings. The Hall–Kier alpha value is -2.21. The Labute approximate surface area is 127 Å². The molecular weight excluding hydrogens is 285 g/mol. The van der Waals surface area contributed by atoms with Crippen LogP contribution in [0.4, 0.5) is 4.39 Å². The SMILES string of the molecule is CC[C@H]1C(=O)NCCN1Cc1cc(=O)c2cccc(F)c2[nH]1. The van der Waals surface area contributed by atoms with E-state index in [1.165, 1.54) is 18.2 Å². The molecule has 5 nitrogen and oxygen atoms in total. The maximum absolute atomic E-state index is 13.9. The van der Waals surface area contributed by atoms with Gasteiger partial charge in [0.05, 0.1) is 11.6 Å². The summed E-state index contributed by atoms with van der Waals surface area (Å²) in [6.07, 6.45) is 0.692. The summed E-state index contributed by atoms with van der Waals surface area (Å²) in [4.78, 5) is 29.0. The Morgan fingerprint density at radius 2 is 2.18 bits per heavy atom. The van der Waals surface area contributed by atoms with Gasteiger partial charge in [-0.15, -0.1) is 0 Å². The Morgan fingerprint density at radius 1 is 1.36 bits per heavy atom. The lowest BCUT2D eigenvalue weighted by atomic mass is 10.1. The van der Waals surface area contributed by atoms with Gasteiger partial charge in [0.1, 0.15) is 5.82 Å². The third kappa shape index (κ3) is 2.62. The number of para-hydroxylation sites is 1. The monoisotopic (exact) mass is 303 g/mol. The number of nitrogens with one attached hydrogen (secondary N) is 2. The normalized spacial score (nSPS) is 19.4. The topological polar surface area (TPSA) is 65.2 Å². The van der Waals surface area contributed by atoms with Gasteiger partial charge >= 0.3 is 0 Å². The summed E-state index contributed by atoms with van der Waals surface area (Å²) in [5.41, 5.74) is 0.632. The van der Waals surface area contributed by atoms with Crippen LogP contribution < -0.4 is 10.7 Å². The highest BCUT2D eigenvalue weighted by atomic mass is 19.1. The van der Waals surface area contributed by atoms with E-state index in [0.29, 0.717) is 37.1 Å². The molecule has 1 aromatic heterocycles. The van der Waals surface area contributed by atoms with Crippen LogP contribution in [0, 0.1) is 5.82 Å². The van der Waals surface area contributed by atoms with Crippen molar-refractivity contribution >= 4 is 16.8 Å². The van der Waals surface area contributed by atoms with Gasteiger partial charge in [0.15, 0.2) is 5.43 Å². The highest BCUT2D eigenvalue weighted by molar-refractivity contribution is 5.82. The van der Waals surface area contributed by atoms with Crippen LogP contribution in [0.5, 0.6) is 0 Å². The number of pyridine rings is 1. The highest BCUT2D eigenvalue weighted by Crippen LogP contribution is 2.16. The van der Waals surface area contributed by atoms with E-state index in [2.05, 4.69) is 10.3 Å². The molecule has 116 valence electrons. The second kappa shape index (κ2) is 5.88. The number of H-pyrrole nitrogens is 1. The first-order valence-corrected chi connectivity index (χ1v) is 7.42. The second-order valence-electron chi connectivity index (χ2n) is 5.51. The number of amides is 1. The van der Waals surface area contributed by atoms with Crippen molar-refractivity contribution in [3.05, 3.63) is 46.0 Å². The average Bonchev–Trinajstić information content (AvgIpc) is 2.49. The molecule has 0 saturated carbocycles. The van der Waals surface area contributed by atoms with Gasteiger partial charge in [0.2, 0.25) is 5.91 Å². The van der Waals surface area contributed by atoms with Gasteiger partial charge in [0.25, 0.3) is 0 Å². The Bertz CT molecular complexity index is 772. The maximum Gasteiger partial charge on any atom is 0.237 e. The van der Waals surface area contributed by atoms with Crippen LogP contribution in [0.15, 0.2) is 29.1 Å². The number of benzene rings is 1. The molecule has 0 radical (unpaired) electrons. The predicted molar refractivity (Wildman–Crippen MR) is 82.0 cm³/mol. The molecule has 0 aliphatic carbocycles. The van der Waals surface area contributed by atoms with Crippen molar-refractivity contribution in [3.63, 3.8) is 0 Å². The molecule has 1 amide bonds. The zero-order chi connectivity index (χ0) is 15.7. The maximum atomic E-state index is 13.9. The molecular formula is C16H18FN3O2. The molecule has 6 heteroatoms. The fourth-order valence-electron chi connectivity index (χ4n) is 2.99. The summed E-state index contributed by atoms with van der Waals surface area (Å²) in [5, 5.41) is 3.18. The van der Waals surface area contributed by atoms with Crippen molar-refractivity contribution in [1.29, 1.82) is 0 Å². The molecule has 0 bridgehead atoms. The molecule has 2 N–H and O–H groups in total. The van der Waals surface area contributed by atoms with Crippen LogP contribution in [-0.4, -0.2) is 34.9 Å². The quantitative estimate of drug-likeness (QED) is 0.900. The van der Waals surface area contributed by atoms with E-state index in [4.69, 9.17) is 0 Å². The zero-order valence-electron chi connectivity index (χ0n) is 12.4. The third-order valence-corrected chi connectivity index (χ3v) is 4.07. The number of aromatic amines is 1. The minimum atomic E-state index is -0.445. The summed E-state index contributed by atoms with van der Waals surface area (Å²) in [7, 11) is 0. The fraction of sp³-hybridized carbons (Fsp3) is 0.375. The van der Waals surface area contributed by atoms with Crippen LogP contribution >= 0.6 is 0 Å². The van der Waals surface area contributed by atoms with Crippen molar-refractivity contribution in [3.8, 4) is 0 Å². The minimum absolute atomic E-state index is 0.00284. The number of aromatic nitrogens is 1. The van der Waals surface area contributed by atoms with E-state index in [1.54, 1.807) is 6.07 Å². The zero-order valence-corrected chi connectivity index (χ0v) is 12.4. The first kappa shape index (κ1) is 14.7. The molecule has 2 heterocycles. The summed E-state index contributed by atoms with van der Waals surface area (Å²) in [6, 6.07) is 5.72. The third-order valence-electron chi connectivity index (χ3n) is 4.07. The Balaban J connectivity index is 1.95. The lowest BCUT2D eigenvalue weighted by Gasteiger charge is -2.34. The summed E-state index contributed by atoms with van der Waals surface area (Å²) >= 11 is 0. The number of halogens is 1. The predicted octanol–water partition coefficient (Wildman–Crippen LogP) is 1.38. The van der Waals surface area contributed by atoms with Crippen LogP contribution in [0.1, 0.15) is 19.0 Å². The number of rotatable bonds is 3. The van der Waals surface area contributed by atoms with Gasteiger partial charge in [-0.25, -0.2) is 4.39 Å². The molecule has 1 aliphatic heterocycles. The molecule has 22 heavy (non-hydrogen) atoms. The molecule has 1 saturated heterocycles. The lowest BCUT2D eigenvalue weighted by molar-refractivity contribution is -0.129. The van der Waals surface area contributed by atoms with Crippen LogP contribution in [0.25, 0.3) is 10.9 Å². The van der Waals surface area contributed by atoms with Crippen molar-refractivity contribution < 1.29 is 9.18 Å². The number of carbonyl (C=O) groups excluding carboxylic acids is 1. The number of hydrogen-bond donors (Lipinski definition) is 2. The minimum Gasteiger partial charge on any atom is -0.355 e. The molecule has 3 rings (SSSR count). The fourth-order valence-corrected chi connectivity index (χ4v) is 2.99. The van der Waals surface area contributed by atoms with E-state index in [0.717, 1.165) is 0 Å². The lowest BCUT2D eigenvalue weighted by Crippen LogP contribution is -2.54. The summed E-state index contributed by atoms with van der Waals surface area (Å²) < 4.78 is 13.9. The van der Waals surface area contributed by atoms with Gasteiger partial charge < -0.3 is 10.3 Å². The number of fused-ring (bicyclic) bond motifs is 1. The standard InChI is InChI=1S/C16H18FN3O2/c1-2-13-16(22)18-6-7-20(13)9-10-8-14(21)11-4-3-5-12(17)15(11)19-10/h3-5,8,13H,2,6-7,9H2,1H3,(H,18,22)(H,19,21)/t13-/m0/s1. The van der Waals surface area contributed by atoms with Gasteiger partial charge in [-0.3, -0.25) is 14.5 Å². The molecule has 0 unspecified atom stereocenters. The van der Waals surface area contributed by atoms with E-state index in [1.807, 2.05) is 11.8 Å². The van der Waals surface area contributed by atoms with Crippen molar-refractivity contribution in [2.24, 2.45) is 0 Å². The van der Waals surface area contributed by atoms with E-state index in [-0.39, 0.29) is 22.9 Å². The molecule has 0 spiro atoms. The number of piperazine rings is 1. The van der Waals surface area contributed by atoms with E-state index < -0.39 is 5.82 Å². The van der Waals surface area contributed by atoms with Gasteiger partial charge in [-0.2, -0.15) is 0 Å². The number of hydrogen-bond acceptors (Lipinski definition) is 3. The Kier molecular flexibility index (Phi) is 3.94. The van der Waals surface area contributed by atoms with Crippen molar-refractivity contribution in [1.82, 2.24) is 15.2 Å². The first-order valence-electron chi connectivity index (χ1n) is 7.42. The Morgan fingerprint density at radius 3 is 2.95 bits per heavy atom. The van der Waals surface area contributed by atoms with Crippen LogP contribution in [-0.2, 0) is 11.3 Å². The first-order chi connectivity index (χ1) is 10.6. The van der Waals surface area contributed by atoms with Crippen LogP contribution in [0.3, 0.4) is 0 Å². The largest absolute Gasteiger partial charge is 0.355 e. The number of carbonyl (C=O) groups is 1. The number of nitrogens with zero attached hydrogens (tertiary/aromatic N) is 1.